The molecular weight excluding hydrogens is 224 g/mol. The zero-order chi connectivity index (χ0) is 11.5. The van der Waals surface area contributed by atoms with Crippen molar-refractivity contribution < 1.29 is 9.90 Å². The zero-order valence-electron chi connectivity index (χ0n) is 9.32. The van der Waals surface area contributed by atoms with Gasteiger partial charge < -0.3 is 10.4 Å². The van der Waals surface area contributed by atoms with Crippen LogP contribution in [0.5, 0.6) is 0 Å². The number of hydrogen-bond donors (Lipinski definition) is 2. The topological polar surface area (TPSA) is 62.2 Å². The Morgan fingerprint density at radius 3 is 3.00 bits per heavy atom. The number of carbonyl (C=O) groups is 1. The summed E-state index contributed by atoms with van der Waals surface area (Å²) in [6.07, 6.45) is 5.12. The van der Waals surface area contributed by atoms with Crippen LogP contribution in [0.15, 0.2) is 0 Å². The average Bonchev–Trinajstić information content (AvgIpc) is 2.97. The highest BCUT2D eigenvalue weighted by atomic mass is 32.1. The minimum absolute atomic E-state index is 0.330. The Labute approximate surface area is 98.9 Å². The van der Waals surface area contributed by atoms with Crippen LogP contribution in [0.1, 0.15) is 41.7 Å². The summed E-state index contributed by atoms with van der Waals surface area (Å²) in [5.41, 5.74) is 0.929. The standard InChI is InChI=1S/C11H16N2O2S/c1-7-9(11(14)15)10(16-13-7)12-6-2-3-8-4-5-8/h8,12H,2-6H2,1H3,(H,14,15). The molecule has 2 rings (SSSR count). The molecule has 1 heterocycles. The Bertz CT molecular complexity index is 385. The summed E-state index contributed by atoms with van der Waals surface area (Å²) < 4.78 is 4.06. The maximum absolute atomic E-state index is 11.0. The van der Waals surface area contributed by atoms with Gasteiger partial charge in [-0.2, -0.15) is 4.37 Å². The number of aromatic carboxylic acids is 1. The number of aryl methyl sites for hydroxylation is 1. The second-order valence-corrected chi connectivity index (χ2v) is 5.06. The van der Waals surface area contributed by atoms with E-state index < -0.39 is 5.97 Å². The molecule has 1 aliphatic rings. The van der Waals surface area contributed by atoms with Crippen LogP contribution in [0.2, 0.25) is 0 Å². The first-order valence-corrected chi connectivity index (χ1v) is 6.39. The van der Waals surface area contributed by atoms with Gasteiger partial charge >= 0.3 is 5.97 Å². The molecule has 0 radical (unpaired) electrons. The van der Waals surface area contributed by atoms with Crippen LogP contribution in [-0.2, 0) is 0 Å². The molecule has 0 aromatic carbocycles. The maximum Gasteiger partial charge on any atom is 0.340 e. The van der Waals surface area contributed by atoms with Gasteiger partial charge in [-0.15, -0.1) is 0 Å². The fourth-order valence-electron chi connectivity index (χ4n) is 1.74. The maximum atomic E-state index is 11.0. The van der Waals surface area contributed by atoms with E-state index in [1.54, 1.807) is 6.92 Å². The molecule has 88 valence electrons. The number of hydrogen-bond acceptors (Lipinski definition) is 4. The summed E-state index contributed by atoms with van der Waals surface area (Å²) in [4.78, 5) is 11.0. The largest absolute Gasteiger partial charge is 0.478 e. The molecular formula is C11H16N2O2S. The number of carboxylic acids is 1. The number of rotatable bonds is 6. The van der Waals surface area contributed by atoms with Gasteiger partial charge in [-0.1, -0.05) is 12.8 Å². The van der Waals surface area contributed by atoms with Gasteiger partial charge in [0.2, 0.25) is 0 Å². The molecule has 5 heteroatoms. The lowest BCUT2D eigenvalue weighted by atomic mass is 10.2. The SMILES string of the molecule is Cc1nsc(NCCCC2CC2)c1C(=O)O. The first-order chi connectivity index (χ1) is 7.68. The van der Waals surface area contributed by atoms with E-state index in [4.69, 9.17) is 5.11 Å². The minimum Gasteiger partial charge on any atom is -0.478 e. The van der Waals surface area contributed by atoms with Crippen molar-refractivity contribution in [3.8, 4) is 0 Å². The Balaban J connectivity index is 1.85. The second kappa shape index (κ2) is 4.82. The molecule has 4 nitrogen and oxygen atoms in total. The Morgan fingerprint density at radius 1 is 1.62 bits per heavy atom. The highest BCUT2D eigenvalue weighted by Gasteiger charge is 2.20. The van der Waals surface area contributed by atoms with Crippen LogP contribution in [0, 0.1) is 12.8 Å². The predicted molar refractivity (Wildman–Crippen MR) is 64.3 cm³/mol. The molecule has 1 aromatic heterocycles. The normalized spacial score (nSPS) is 15.1. The van der Waals surface area contributed by atoms with E-state index in [0.29, 0.717) is 16.3 Å². The highest BCUT2D eigenvalue weighted by molar-refractivity contribution is 7.10. The lowest BCUT2D eigenvalue weighted by Crippen LogP contribution is -2.06. The predicted octanol–water partition coefficient (Wildman–Crippen LogP) is 2.75. The first-order valence-electron chi connectivity index (χ1n) is 5.62. The van der Waals surface area contributed by atoms with E-state index in [1.807, 2.05) is 0 Å². The van der Waals surface area contributed by atoms with Crippen molar-refractivity contribution in [1.29, 1.82) is 0 Å². The second-order valence-electron chi connectivity index (χ2n) is 4.29. The molecule has 1 saturated carbocycles. The van der Waals surface area contributed by atoms with Crippen LogP contribution in [0.4, 0.5) is 5.00 Å². The third-order valence-corrected chi connectivity index (χ3v) is 3.74. The van der Waals surface area contributed by atoms with Crippen molar-refractivity contribution in [1.82, 2.24) is 4.37 Å². The van der Waals surface area contributed by atoms with E-state index >= 15 is 0 Å². The monoisotopic (exact) mass is 240 g/mol. The Kier molecular flexibility index (Phi) is 3.43. The molecule has 1 fully saturated rings. The van der Waals surface area contributed by atoms with E-state index in [9.17, 15) is 4.79 Å². The third-order valence-electron chi connectivity index (χ3n) is 2.85. The van der Waals surface area contributed by atoms with Gasteiger partial charge in [0.1, 0.15) is 10.6 Å². The lowest BCUT2D eigenvalue weighted by Gasteiger charge is -2.04. The lowest BCUT2D eigenvalue weighted by molar-refractivity contribution is 0.0697. The van der Waals surface area contributed by atoms with Crippen LogP contribution in [-0.4, -0.2) is 22.0 Å². The van der Waals surface area contributed by atoms with Gasteiger partial charge in [0.05, 0.1) is 5.69 Å². The van der Waals surface area contributed by atoms with Crippen molar-refractivity contribution in [2.75, 3.05) is 11.9 Å². The quantitative estimate of drug-likeness (QED) is 0.750. The fraction of sp³-hybridized carbons (Fsp3) is 0.636. The first kappa shape index (κ1) is 11.4. The number of anilines is 1. The molecule has 0 amide bonds. The van der Waals surface area contributed by atoms with E-state index in [-0.39, 0.29) is 0 Å². The Hall–Kier alpha value is -1.10. The van der Waals surface area contributed by atoms with Gasteiger partial charge in [-0.3, -0.25) is 0 Å². The molecule has 2 N–H and O–H groups in total. The van der Waals surface area contributed by atoms with Gasteiger partial charge in [0, 0.05) is 6.54 Å². The summed E-state index contributed by atoms with van der Waals surface area (Å²) in [6.45, 7) is 2.58. The smallest absolute Gasteiger partial charge is 0.340 e. The molecule has 0 atom stereocenters. The van der Waals surface area contributed by atoms with Gasteiger partial charge in [0.15, 0.2) is 0 Å². The zero-order valence-corrected chi connectivity index (χ0v) is 10.1. The number of aromatic nitrogens is 1. The van der Waals surface area contributed by atoms with Crippen molar-refractivity contribution >= 4 is 22.5 Å². The number of nitrogens with zero attached hydrogens (tertiary/aromatic N) is 1. The van der Waals surface area contributed by atoms with E-state index in [1.165, 1.54) is 30.8 Å². The van der Waals surface area contributed by atoms with Crippen LogP contribution >= 0.6 is 11.5 Å². The summed E-state index contributed by atoms with van der Waals surface area (Å²) in [5.74, 6) is 0.0416. The van der Waals surface area contributed by atoms with Crippen molar-refractivity contribution in [3.63, 3.8) is 0 Å². The summed E-state index contributed by atoms with van der Waals surface area (Å²) in [5, 5.41) is 12.9. The van der Waals surface area contributed by atoms with Crippen LogP contribution in [0.25, 0.3) is 0 Å². The Morgan fingerprint density at radius 2 is 2.38 bits per heavy atom. The van der Waals surface area contributed by atoms with Crippen molar-refractivity contribution in [2.24, 2.45) is 5.92 Å². The van der Waals surface area contributed by atoms with E-state index in [0.717, 1.165) is 18.9 Å². The van der Waals surface area contributed by atoms with Gasteiger partial charge in [0.25, 0.3) is 0 Å². The average molecular weight is 240 g/mol. The molecule has 0 bridgehead atoms. The molecule has 0 spiro atoms. The molecule has 1 aromatic rings. The van der Waals surface area contributed by atoms with Gasteiger partial charge in [-0.05, 0) is 37.2 Å². The molecule has 0 aliphatic heterocycles. The molecule has 1 aliphatic carbocycles. The molecule has 16 heavy (non-hydrogen) atoms. The molecule has 0 saturated heterocycles. The third kappa shape index (κ3) is 2.72. The van der Waals surface area contributed by atoms with Crippen LogP contribution in [0.3, 0.4) is 0 Å². The highest BCUT2D eigenvalue weighted by Crippen LogP contribution is 2.33. The number of nitrogens with one attached hydrogen (secondary N) is 1. The summed E-state index contributed by atoms with van der Waals surface area (Å²) in [7, 11) is 0. The van der Waals surface area contributed by atoms with Gasteiger partial charge in [-0.25, -0.2) is 4.79 Å². The summed E-state index contributed by atoms with van der Waals surface area (Å²) >= 11 is 1.24. The van der Waals surface area contributed by atoms with Crippen LogP contribution < -0.4 is 5.32 Å². The molecule has 0 unspecified atom stereocenters. The van der Waals surface area contributed by atoms with E-state index in [2.05, 4.69) is 9.69 Å². The summed E-state index contributed by atoms with van der Waals surface area (Å²) in [6, 6.07) is 0. The minimum atomic E-state index is -0.893. The van der Waals surface area contributed by atoms with Crippen molar-refractivity contribution in [2.45, 2.75) is 32.6 Å². The van der Waals surface area contributed by atoms with Crippen molar-refractivity contribution in [3.05, 3.63) is 11.3 Å². The fourth-order valence-corrected chi connectivity index (χ4v) is 2.55. The number of carboxylic acid groups (broad SMARTS) is 1.